The summed E-state index contributed by atoms with van der Waals surface area (Å²) in [5, 5.41) is 2.58. The molecule has 0 spiro atoms. The minimum absolute atomic E-state index is 0.0562. The Morgan fingerprint density at radius 1 is 1.00 bits per heavy atom. The van der Waals surface area contributed by atoms with E-state index in [9.17, 15) is 14.4 Å². The topological polar surface area (TPSA) is 120 Å². The Hall–Kier alpha value is -3.81. The van der Waals surface area contributed by atoms with Crippen molar-refractivity contribution in [1.82, 2.24) is 19.9 Å². The normalized spacial score (nSPS) is 11.6. The van der Waals surface area contributed by atoms with Crippen LogP contribution < -0.4 is 11.1 Å². The Morgan fingerprint density at radius 2 is 1.75 bits per heavy atom. The molecule has 2 amide bonds. The Kier molecular flexibility index (Phi) is 5.91. The number of pyridine rings is 1. The van der Waals surface area contributed by atoms with E-state index in [-0.39, 0.29) is 12.2 Å². The van der Waals surface area contributed by atoms with Gasteiger partial charge < -0.3 is 11.1 Å². The van der Waals surface area contributed by atoms with E-state index in [1.807, 2.05) is 30.3 Å². The van der Waals surface area contributed by atoms with Crippen LogP contribution in [0.3, 0.4) is 0 Å². The van der Waals surface area contributed by atoms with Crippen LogP contribution in [0.1, 0.15) is 22.6 Å². The molecule has 0 saturated carbocycles. The van der Waals surface area contributed by atoms with Crippen LogP contribution in [0.2, 0.25) is 0 Å². The summed E-state index contributed by atoms with van der Waals surface area (Å²) >= 11 is 0. The number of hydrogen-bond acceptors (Lipinski definition) is 5. The highest BCUT2D eigenvalue weighted by Gasteiger charge is 2.27. The third-order valence-corrected chi connectivity index (χ3v) is 4.17. The Bertz CT molecular complexity index is 970. The number of nitrogens with two attached hydrogens (primary N) is 1. The second-order valence-electron chi connectivity index (χ2n) is 6.09. The minimum atomic E-state index is -1.09. The third-order valence-electron chi connectivity index (χ3n) is 4.17. The van der Waals surface area contributed by atoms with E-state index in [0.29, 0.717) is 12.2 Å². The van der Waals surface area contributed by atoms with Crippen molar-refractivity contribution in [2.45, 2.75) is 18.9 Å². The number of aromatic nitrogens is 3. The van der Waals surface area contributed by atoms with E-state index >= 15 is 0 Å². The molecule has 0 aliphatic rings. The first-order valence-electron chi connectivity index (χ1n) is 8.69. The summed E-state index contributed by atoms with van der Waals surface area (Å²) in [4.78, 5) is 44.6. The average Bonchev–Trinajstić information content (AvgIpc) is 3.22. The van der Waals surface area contributed by atoms with Gasteiger partial charge in [0.05, 0.1) is 6.04 Å². The number of hydrogen-bond donors (Lipinski definition) is 2. The van der Waals surface area contributed by atoms with Crippen molar-refractivity contribution < 1.29 is 14.4 Å². The van der Waals surface area contributed by atoms with Gasteiger partial charge in [-0.15, -0.1) is 0 Å². The lowest BCUT2D eigenvalue weighted by Crippen LogP contribution is -2.46. The van der Waals surface area contributed by atoms with Gasteiger partial charge in [0.25, 0.3) is 11.8 Å². The van der Waals surface area contributed by atoms with Crippen LogP contribution in [-0.4, -0.2) is 38.2 Å². The highest BCUT2D eigenvalue weighted by molar-refractivity contribution is 6.37. The molecule has 0 aliphatic heterocycles. The summed E-state index contributed by atoms with van der Waals surface area (Å²) in [6.07, 6.45) is 5.38. The summed E-state index contributed by atoms with van der Waals surface area (Å²) in [5.41, 5.74) is 6.13. The zero-order chi connectivity index (χ0) is 19.9. The van der Waals surface area contributed by atoms with Crippen LogP contribution in [0.4, 0.5) is 0 Å². The Labute approximate surface area is 161 Å². The number of primary amides is 1. The number of Topliss-reactive ketones (excluding diaryl/α,β-unsaturated/α-hetero) is 1. The molecule has 28 heavy (non-hydrogen) atoms. The lowest BCUT2D eigenvalue weighted by atomic mass is 10.0. The maximum atomic E-state index is 12.7. The number of imidazole rings is 1. The number of amides is 2. The molecule has 8 nitrogen and oxygen atoms in total. The molecule has 0 radical (unpaired) electrons. The van der Waals surface area contributed by atoms with Gasteiger partial charge in [-0.2, -0.15) is 0 Å². The standard InChI is InChI=1S/C20H19N5O3/c21-18(27)17(26)15(10-9-14-6-2-1-3-7-14)24-20(28)19-23-12-13-25(19)16-8-4-5-11-22-16/h1-8,11-13,15H,9-10H2,(H2,21,27)(H,24,28). The number of nitrogens with zero attached hydrogens (tertiary/aromatic N) is 3. The lowest BCUT2D eigenvalue weighted by molar-refractivity contribution is -0.137. The van der Waals surface area contributed by atoms with Crippen LogP contribution in [-0.2, 0) is 16.0 Å². The van der Waals surface area contributed by atoms with Gasteiger partial charge in [-0.05, 0) is 30.5 Å². The molecule has 0 aliphatic carbocycles. The van der Waals surface area contributed by atoms with Crippen LogP contribution in [0.25, 0.3) is 5.82 Å². The molecular weight excluding hydrogens is 358 g/mol. The van der Waals surface area contributed by atoms with Gasteiger partial charge in [-0.1, -0.05) is 36.4 Å². The summed E-state index contributed by atoms with van der Waals surface area (Å²) < 4.78 is 1.50. The molecule has 0 bridgehead atoms. The number of ketones is 1. The van der Waals surface area contributed by atoms with Crippen molar-refractivity contribution in [2.24, 2.45) is 5.73 Å². The van der Waals surface area contributed by atoms with Gasteiger partial charge >= 0.3 is 0 Å². The fourth-order valence-corrected chi connectivity index (χ4v) is 2.77. The number of nitrogens with one attached hydrogen (secondary N) is 1. The molecule has 2 aromatic heterocycles. The molecule has 1 unspecified atom stereocenters. The summed E-state index contributed by atoms with van der Waals surface area (Å²) in [6, 6.07) is 13.7. The minimum Gasteiger partial charge on any atom is -0.363 e. The highest BCUT2D eigenvalue weighted by Crippen LogP contribution is 2.10. The van der Waals surface area contributed by atoms with Crippen molar-refractivity contribution in [2.75, 3.05) is 0 Å². The van der Waals surface area contributed by atoms with E-state index in [1.54, 1.807) is 30.6 Å². The fraction of sp³-hybridized carbons (Fsp3) is 0.150. The molecule has 142 valence electrons. The predicted octanol–water partition coefficient (Wildman–Crippen LogP) is 1.05. The fourth-order valence-electron chi connectivity index (χ4n) is 2.77. The number of aryl methyl sites for hydroxylation is 1. The van der Waals surface area contributed by atoms with Gasteiger partial charge in [-0.25, -0.2) is 9.97 Å². The van der Waals surface area contributed by atoms with Gasteiger partial charge in [0.1, 0.15) is 5.82 Å². The maximum absolute atomic E-state index is 12.7. The Balaban J connectivity index is 1.77. The third kappa shape index (κ3) is 4.47. The lowest BCUT2D eigenvalue weighted by Gasteiger charge is -2.16. The number of rotatable bonds is 8. The van der Waals surface area contributed by atoms with E-state index in [4.69, 9.17) is 5.73 Å². The van der Waals surface area contributed by atoms with Crippen molar-refractivity contribution in [3.05, 3.63) is 78.5 Å². The first-order chi connectivity index (χ1) is 13.6. The number of carbonyl (C=O) groups is 3. The highest BCUT2D eigenvalue weighted by atomic mass is 16.2. The first kappa shape index (κ1) is 19.0. The summed E-state index contributed by atoms with van der Waals surface area (Å²) in [7, 11) is 0. The SMILES string of the molecule is NC(=O)C(=O)C(CCc1ccccc1)NC(=O)c1nccn1-c1ccccn1. The van der Waals surface area contributed by atoms with Gasteiger partial charge in [-0.3, -0.25) is 19.0 Å². The predicted molar refractivity (Wildman–Crippen MR) is 102 cm³/mol. The van der Waals surface area contributed by atoms with Crippen LogP contribution in [0, 0.1) is 0 Å². The molecule has 0 fully saturated rings. The van der Waals surface area contributed by atoms with Gasteiger partial charge in [0.2, 0.25) is 11.6 Å². The molecule has 1 aromatic carbocycles. The monoisotopic (exact) mass is 377 g/mol. The zero-order valence-corrected chi connectivity index (χ0v) is 15.0. The van der Waals surface area contributed by atoms with E-state index in [2.05, 4.69) is 15.3 Å². The molecule has 3 rings (SSSR count). The van der Waals surface area contributed by atoms with E-state index in [0.717, 1.165) is 5.56 Å². The van der Waals surface area contributed by atoms with Crippen LogP contribution in [0.15, 0.2) is 67.1 Å². The van der Waals surface area contributed by atoms with Crippen molar-refractivity contribution in [1.29, 1.82) is 0 Å². The largest absolute Gasteiger partial charge is 0.363 e. The summed E-state index contributed by atoms with van der Waals surface area (Å²) in [6.45, 7) is 0. The summed E-state index contributed by atoms with van der Waals surface area (Å²) in [5.74, 6) is -1.97. The van der Waals surface area contributed by atoms with Crippen molar-refractivity contribution in [3.63, 3.8) is 0 Å². The quantitative estimate of drug-likeness (QED) is 0.569. The molecule has 8 heteroatoms. The van der Waals surface area contributed by atoms with Crippen molar-refractivity contribution in [3.8, 4) is 5.82 Å². The van der Waals surface area contributed by atoms with E-state index in [1.165, 1.54) is 10.8 Å². The first-order valence-corrected chi connectivity index (χ1v) is 8.69. The van der Waals surface area contributed by atoms with Gasteiger partial charge in [0, 0.05) is 18.6 Å². The Morgan fingerprint density at radius 3 is 2.43 bits per heavy atom. The van der Waals surface area contributed by atoms with Crippen molar-refractivity contribution >= 4 is 17.6 Å². The smallest absolute Gasteiger partial charge is 0.288 e. The molecule has 3 aromatic rings. The van der Waals surface area contributed by atoms with Gasteiger partial charge in [0.15, 0.2) is 0 Å². The molecule has 2 heterocycles. The van der Waals surface area contributed by atoms with Crippen LogP contribution in [0.5, 0.6) is 0 Å². The zero-order valence-electron chi connectivity index (χ0n) is 15.0. The maximum Gasteiger partial charge on any atom is 0.288 e. The molecular formula is C20H19N5O3. The molecule has 1 atom stereocenters. The van der Waals surface area contributed by atoms with E-state index < -0.39 is 23.6 Å². The second kappa shape index (κ2) is 8.72. The number of carbonyl (C=O) groups excluding carboxylic acids is 3. The average molecular weight is 377 g/mol. The molecule has 3 N–H and O–H groups in total. The number of benzene rings is 1. The second-order valence-corrected chi connectivity index (χ2v) is 6.09. The van der Waals surface area contributed by atoms with Crippen LogP contribution >= 0.6 is 0 Å². The molecule has 0 saturated heterocycles.